The zero-order chi connectivity index (χ0) is 10.4. The van der Waals surface area contributed by atoms with Gasteiger partial charge in [0.25, 0.3) is 0 Å². The molecule has 0 nitrogen and oxygen atoms in total. The summed E-state index contributed by atoms with van der Waals surface area (Å²) in [6, 6.07) is 10.6. The predicted octanol–water partition coefficient (Wildman–Crippen LogP) is 4.39. The Labute approximate surface area is 87.7 Å². The highest BCUT2D eigenvalue weighted by molar-refractivity contribution is 5.22. The summed E-state index contributed by atoms with van der Waals surface area (Å²) in [6.45, 7) is 6.74. The predicted molar refractivity (Wildman–Crippen MR) is 63.5 cm³/mol. The molecule has 0 radical (unpaired) electrons. The SMILES string of the molecule is CC(C)CC=CC(C)c1ccccc1. The van der Waals surface area contributed by atoms with E-state index < -0.39 is 0 Å². The van der Waals surface area contributed by atoms with Gasteiger partial charge in [-0.15, -0.1) is 0 Å². The van der Waals surface area contributed by atoms with Gasteiger partial charge in [0.2, 0.25) is 0 Å². The Hall–Kier alpha value is -1.04. The molecule has 76 valence electrons. The summed E-state index contributed by atoms with van der Waals surface area (Å²) in [6.07, 6.45) is 5.77. The van der Waals surface area contributed by atoms with Crippen LogP contribution >= 0.6 is 0 Å². The molecule has 0 aliphatic heterocycles. The Bertz CT molecular complexity index is 269. The second-order valence-corrected chi connectivity index (χ2v) is 4.26. The maximum absolute atomic E-state index is 2.30. The Balaban J connectivity index is 2.50. The molecule has 0 heterocycles. The van der Waals surface area contributed by atoms with Gasteiger partial charge in [0.15, 0.2) is 0 Å². The lowest BCUT2D eigenvalue weighted by Crippen LogP contribution is -1.89. The van der Waals surface area contributed by atoms with Crippen LogP contribution in [-0.4, -0.2) is 0 Å². The third-order valence-electron chi connectivity index (χ3n) is 2.36. The van der Waals surface area contributed by atoms with Crippen LogP contribution in [0.25, 0.3) is 0 Å². The van der Waals surface area contributed by atoms with Gasteiger partial charge < -0.3 is 0 Å². The van der Waals surface area contributed by atoms with Crippen LogP contribution in [0.1, 0.15) is 38.7 Å². The molecule has 0 heteroatoms. The molecule has 0 aromatic heterocycles. The number of hydrogen-bond donors (Lipinski definition) is 0. The zero-order valence-corrected chi connectivity index (χ0v) is 9.40. The smallest absolute Gasteiger partial charge is 0.00104 e. The highest BCUT2D eigenvalue weighted by Gasteiger charge is 1.98. The molecule has 0 saturated heterocycles. The fourth-order valence-electron chi connectivity index (χ4n) is 1.42. The Morgan fingerprint density at radius 3 is 2.29 bits per heavy atom. The summed E-state index contributed by atoms with van der Waals surface area (Å²) in [7, 11) is 0. The first-order valence-corrected chi connectivity index (χ1v) is 5.41. The minimum Gasteiger partial charge on any atom is -0.0877 e. The maximum Gasteiger partial charge on any atom is -0.00104 e. The lowest BCUT2D eigenvalue weighted by atomic mass is 9.99. The summed E-state index contributed by atoms with van der Waals surface area (Å²) < 4.78 is 0. The molecular formula is C14H20. The van der Waals surface area contributed by atoms with E-state index in [1.54, 1.807) is 0 Å². The van der Waals surface area contributed by atoms with Gasteiger partial charge in [-0.2, -0.15) is 0 Å². The molecule has 0 amide bonds. The van der Waals surface area contributed by atoms with E-state index in [-0.39, 0.29) is 0 Å². The van der Waals surface area contributed by atoms with Crippen LogP contribution in [0.3, 0.4) is 0 Å². The molecule has 0 fully saturated rings. The Kier molecular flexibility index (Phi) is 4.45. The molecule has 0 N–H and O–H groups in total. The van der Waals surface area contributed by atoms with Gasteiger partial charge in [-0.3, -0.25) is 0 Å². The average molecular weight is 188 g/mol. The summed E-state index contributed by atoms with van der Waals surface area (Å²) in [5, 5.41) is 0. The largest absolute Gasteiger partial charge is 0.0877 e. The summed E-state index contributed by atoms with van der Waals surface area (Å²) in [5.74, 6) is 1.30. The van der Waals surface area contributed by atoms with Crippen molar-refractivity contribution >= 4 is 0 Å². The molecule has 1 unspecified atom stereocenters. The van der Waals surface area contributed by atoms with Gasteiger partial charge in [0.1, 0.15) is 0 Å². The molecule has 0 saturated carbocycles. The fraction of sp³-hybridized carbons (Fsp3) is 0.429. The van der Waals surface area contributed by atoms with E-state index in [1.165, 1.54) is 12.0 Å². The van der Waals surface area contributed by atoms with Crippen LogP contribution in [0.5, 0.6) is 0 Å². The van der Waals surface area contributed by atoms with Gasteiger partial charge in [-0.1, -0.05) is 63.3 Å². The van der Waals surface area contributed by atoms with E-state index in [1.807, 2.05) is 0 Å². The van der Waals surface area contributed by atoms with Crippen molar-refractivity contribution in [3.8, 4) is 0 Å². The second-order valence-electron chi connectivity index (χ2n) is 4.26. The van der Waals surface area contributed by atoms with E-state index in [9.17, 15) is 0 Å². The molecule has 0 spiro atoms. The standard InChI is InChI=1S/C14H20/c1-12(2)8-7-9-13(3)14-10-5-4-6-11-14/h4-7,9-13H,8H2,1-3H3. The molecule has 1 aromatic carbocycles. The summed E-state index contributed by atoms with van der Waals surface area (Å²) in [5.41, 5.74) is 1.40. The molecule has 0 aliphatic carbocycles. The molecular weight excluding hydrogens is 168 g/mol. The first-order valence-electron chi connectivity index (χ1n) is 5.41. The van der Waals surface area contributed by atoms with Crippen LogP contribution < -0.4 is 0 Å². The van der Waals surface area contributed by atoms with Gasteiger partial charge in [0, 0.05) is 0 Å². The van der Waals surface area contributed by atoms with Crippen molar-refractivity contribution in [3.63, 3.8) is 0 Å². The van der Waals surface area contributed by atoms with Gasteiger partial charge in [-0.05, 0) is 23.8 Å². The van der Waals surface area contributed by atoms with Gasteiger partial charge >= 0.3 is 0 Å². The lowest BCUT2D eigenvalue weighted by Gasteiger charge is -2.06. The highest BCUT2D eigenvalue weighted by atomic mass is 14.0. The minimum atomic E-state index is 0.537. The third-order valence-corrected chi connectivity index (χ3v) is 2.36. The Morgan fingerprint density at radius 2 is 1.71 bits per heavy atom. The molecule has 0 bridgehead atoms. The van der Waals surface area contributed by atoms with Crippen LogP contribution in [0.4, 0.5) is 0 Å². The molecule has 1 aromatic rings. The van der Waals surface area contributed by atoms with Gasteiger partial charge in [-0.25, -0.2) is 0 Å². The second kappa shape index (κ2) is 5.64. The van der Waals surface area contributed by atoms with Crippen molar-refractivity contribution in [2.45, 2.75) is 33.1 Å². The lowest BCUT2D eigenvalue weighted by molar-refractivity contribution is 0.661. The minimum absolute atomic E-state index is 0.537. The molecule has 0 aliphatic rings. The quantitative estimate of drug-likeness (QED) is 0.615. The van der Waals surface area contributed by atoms with E-state index >= 15 is 0 Å². The third kappa shape index (κ3) is 3.78. The number of allylic oxidation sites excluding steroid dienone is 2. The topological polar surface area (TPSA) is 0 Å². The van der Waals surface area contributed by atoms with Crippen LogP contribution in [0, 0.1) is 5.92 Å². The van der Waals surface area contributed by atoms with Crippen molar-refractivity contribution in [2.24, 2.45) is 5.92 Å². The maximum atomic E-state index is 2.30. The average Bonchev–Trinajstić information content (AvgIpc) is 2.18. The van der Waals surface area contributed by atoms with Crippen molar-refractivity contribution in [1.82, 2.24) is 0 Å². The van der Waals surface area contributed by atoms with Crippen LogP contribution in [0.2, 0.25) is 0 Å². The molecule has 1 atom stereocenters. The van der Waals surface area contributed by atoms with Crippen molar-refractivity contribution < 1.29 is 0 Å². The van der Waals surface area contributed by atoms with Gasteiger partial charge in [0.05, 0.1) is 0 Å². The summed E-state index contributed by atoms with van der Waals surface area (Å²) in [4.78, 5) is 0. The first-order chi connectivity index (χ1) is 6.70. The molecule has 1 rings (SSSR count). The van der Waals surface area contributed by atoms with Crippen molar-refractivity contribution in [3.05, 3.63) is 48.0 Å². The zero-order valence-electron chi connectivity index (χ0n) is 9.40. The fourth-order valence-corrected chi connectivity index (χ4v) is 1.42. The number of benzene rings is 1. The van der Waals surface area contributed by atoms with Crippen LogP contribution in [-0.2, 0) is 0 Å². The number of hydrogen-bond acceptors (Lipinski definition) is 0. The van der Waals surface area contributed by atoms with E-state index in [0.29, 0.717) is 5.92 Å². The summed E-state index contributed by atoms with van der Waals surface area (Å²) >= 11 is 0. The van der Waals surface area contributed by atoms with Crippen molar-refractivity contribution in [2.75, 3.05) is 0 Å². The molecule has 14 heavy (non-hydrogen) atoms. The van der Waals surface area contributed by atoms with Crippen molar-refractivity contribution in [1.29, 1.82) is 0 Å². The van der Waals surface area contributed by atoms with E-state index in [2.05, 4.69) is 63.3 Å². The number of rotatable bonds is 4. The highest BCUT2D eigenvalue weighted by Crippen LogP contribution is 2.16. The van der Waals surface area contributed by atoms with Crippen LogP contribution in [0.15, 0.2) is 42.5 Å². The van der Waals surface area contributed by atoms with E-state index in [0.717, 1.165) is 5.92 Å². The normalized spacial score (nSPS) is 13.7. The monoisotopic (exact) mass is 188 g/mol. The first kappa shape index (κ1) is 11.0. The Morgan fingerprint density at radius 1 is 1.07 bits per heavy atom. The van der Waals surface area contributed by atoms with E-state index in [4.69, 9.17) is 0 Å².